The SMILES string of the molecule is COc1ccccc1OC[C@H](C)NC1C[C@@H](C)O[C@H](C)C1. The summed E-state index contributed by atoms with van der Waals surface area (Å²) in [6.07, 6.45) is 2.77. The van der Waals surface area contributed by atoms with Crippen molar-refractivity contribution in [1.29, 1.82) is 0 Å². The Morgan fingerprint density at radius 1 is 1.19 bits per heavy atom. The van der Waals surface area contributed by atoms with Gasteiger partial charge < -0.3 is 19.5 Å². The molecule has 0 amide bonds. The second kappa shape index (κ2) is 7.66. The summed E-state index contributed by atoms with van der Waals surface area (Å²) in [4.78, 5) is 0. The Labute approximate surface area is 127 Å². The summed E-state index contributed by atoms with van der Waals surface area (Å²) < 4.78 is 16.9. The van der Waals surface area contributed by atoms with E-state index in [-0.39, 0.29) is 6.04 Å². The van der Waals surface area contributed by atoms with Crippen molar-refractivity contribution < 1.29 is 14.2 Å². The molecule has 1 aromatic carbocycles. The zero-order valence-electron chi connectivity index (χ0n) is 13.5. The summed E-state index contributed by atoms with van der Waals surface area (Å²) in [7, 11) is 1.66. The smallest absolute Gasteiger partial charge is 0.161 e. The third-order valence-electron chi connectivity index (χ3n) is 3.78. The molecule has 1 aliphatic heterocycles. The van der Waals surface area contributed by atoms with Crippen LogP contribution in [0.4, 0.5) is 0 Å². The molecular weight excluding hydrogens is 266 g/mol. The van der Waals surface area contributed by atoms with Crippen molar-refractivity contribution in [3.8, 4) is 11.5 Å². The summed E-state index contributed by atoms with van der Waals surface area (Å²) in [5.74, 6) is 1.57. The molecule has 21 heavy (non-hydrogen) atoms. The van der Waals surface area contributed by atoms with Crippen LogP contribution in [0.3, 0.4) is 0 Å². The van der Waals surface area contributed by atoms with Gasteiger partial charge in [-0.25, -0.2) is 0 Å². The highest BCUT2D eigenvalue weighted by atomic mass is 16.5. The van der Waals surface area contributed by atoms with Crippen molar-refractivity contribution >= 4 is 0 Å². The number of nitrogens with one attached hydrogen (secondary N) is 1. The standard InChI is InChI=1S/C17H27NO3/c1-12(18-15-9-13(2)21-14(3)10-15)11-20-17-8-6-5-7-16(17)19-4/h5-8,12-15,18H,9-11H2,1-4H3/t12-,13+,14+/m0/s1. The first kappa shape index (κ1) is 16.1. The van der Waals surface area contributed by atoms with Crippen molar-refractivity contribution in [2.75, 3.05) is 13.7 Å². The van der Waals surface area contributed by atoms with Gasteiger partial charge in [0.1, 0.15) is 6.61 Å². The predicted octanol–water partition coefficient (Wildman–Crippen LogP) is 3.01. The van der Waals surface area contributed by atoms with Crippen LogP contribution in [0.2, 0.25) is 0 Å². The topological polar surface area (TPSA) is 39.7 Å². The van der Waals surface area contributed by atoms with Crippen molar-refractivity contribution in [2.24, 2.45) is 0 Å². The minimum Gasteiger partial charge on any atom is -0.493 e. The maximum atomic E-state index is 5.87. The average molecular weight is 293 g/mol. The van der Waals surface area contributed by atoms with Gasteiger partial charge in [0.15, 0.2) is 11.5 Å². The Morgan fingerprint density at radius 2 is 1.81 bits per heavy atom. The van der Waals surface area contributed by atoms with Gasteiger partial charge in [0, 0.05) is 12.1 Å². The second-order valence-electron chi connectivity index (χ2n) is 5.96. The number of ether oxygens (including phenoxy) is 3. The van der Waals surface area contributed by atoms with E-state index in [4.69, 9.17) is 14.2 Å². The number of rotatable bonds is 6. The monoisotopic (exact) mass is 293 g/mol. The average Bonchev–Trinajstić information content (AvgIpc) is 2.44. The molecule has 2 rings (SSSR count). The molecular formula is C17H27NO3. The largest absolute Gasteiger partial charge is 0.493 e. The molecule has 3 atom stereocenters. The fourth-order valence-electron chi connectivity index (χ4n) is 2.94. The molecule has 0 aromatic heterocycles. The van der Waals surface area contributed by atoms with Crippen LogP contribution in [-0.2, 0) is 4.74 Å². The molecule has 118 valence electrons. The van der Waals surface area contributed by atoms with Crippen molar-refractivity contribution in [1.82, 2.24) is 5.32 Å². The molecule has 0 saturated carbocycles. The Hall–Kier alpha value is -1.26. The Balaban J connectivity index is 1.80. The third-order valence-corrected chi connectivity index (χ3v) is 3.78. The van der Waals surface area contributed by atoms with E-state index < -0.39 is 0 Å². The van der Waals surface area contributed by atoms with E-state index in [9.17, 15) is 0 Å². The summed E-state index contributed by atoms with van der Waals surface area (Å²) in [6.45, 7) is 7.06. The highest BCUT2D eigenvalue weighted by Gasteiger charge is 2.25. The molecule has 1 saturated heterocycles. The molecule has 4 heteroatoms. The highest BCUT2D eigenvalue weighted by Crippen LogP contribution is 2.26. The lowest BCUT2D eigenvalue weighted by Gasteiger charge is -2.34. The number of hydrogen-bond donors (Lipinski definition) is 1. The first-order valence-corrected chi connectivity index (χ1v) is 7.75. The van der Waals surface area contributed by atoms with Gasteiger partial charge in [-0.3, -0.25) is 0 Å². The molecule has 1 aliphatic rings. The van der Waals surface area contributed by atoms with Crippen LogP contribution in [0.1, 0.15) is 33.6 Å². The van der Waals surface area contributed by atoms with E-state index in [2.05, 4.69) is 26.1 Å². The lowest BCUT2D eigenvalue weighted by Crippen LogP contribution is -2.46. The summed E-state index contributed by atoms with van der Waals surface area (Å²) >= 11 is 0. The zero-order chi connectivity index (χ0) is 15.2. The van der Waals surface area contributed by atoms with Crippen molar-refractivity contribution in [2.45, 2.75) is 57.9 Å². The van der Waals surface area contributed by atoms with Crippen molar-refractivity contribution in [3.63, 3.8) is 0 Å². The molecule has 0 aliphatic carbocycles. The lowest BCUT2D eigenvalue weighted by molar-refractivity contribution is -0.0439. The van der Waals surface area contributed by atoms with Crippen LogP contribution < -0.4 is 14.8 Å². The molecule has 1 heterocycles. The quantitative estimate of drug-likeness (QED) is 0.875. The highest BCUT2D eigenvalue weighted by molar-refractivity contribution is 5.39. The minimum absolute atomic E-state index is 0.289. The molecule has 1 fully saturated rings. The molecule has 1 aromatic rings. The fraction of sp³-hybridized carbons (Fsp3) is 0.647. The third kappa shape index (κ3) is 4.90. The van der Waals surface area contributed by atoms with Crippen molar-refractivity contribution in [3.05, 3.63) is 24.3 Å². The number of benzene rings is 1. The van der Waals surface area contributed by atoms with Gasteiger partial charge in [-0.1, -0.05) is 12.1 Å². The molecule has 0 unspecified atom stereocenters. The van der Waals surface area contributed by atoms with E-state index in [0.717, 1.165) is 24.3 Å². The first-order valence-electron chi connectivity index (χ1n) is 7.75. The Kier molecular flexibility index (Phi) is 5.88. The normalized spacial score (nSPS) is 27.1. The number of hydrogen-bond acceptors (Lipinski definition) is 4. The number of methoxy groups -OCH3 is 1. The summed E-state index contributed by atoms with van der Waals surface area (Å²) in [6, 6.07) is 8.53. The van der Waals surface area contributed by atoms with Gasteiger partial charge in [0.2, 0.25) is 0 Å². The predicted molar refractivity (Wildman–Crippen MR) is 84.1 cm³/mol. The maximum absolute atomic E-state index is 5.87. The van der Waals surface area contributed by atoms with E-state index in [0.29, 0.717) is 24.9 Å². The molecule has 0 bridgehead atoms. The van der Waals surface area contributed by atoms with Gasteiger partial charge in [0.25, 0.3) is 0 Å². The van der Waals surface area contributed by atoms with Crippen LogP contribution in [0.5, 0.6) is 11.5 Å². The van der Waals surface area contributed by atoms with Gasteiger partial charge in [-0.2, -0.15) is 0 Å². The van der Waals surface area contributed by atoms with E-state index in [1.807, 2.05) is 24.3 Å². The minimum atomic E-state index is 0.289. The fourth-order valence-corrected chi connectivity index (χ4v) is 2.94. The van der Waals surface area contributed by atoms with Gasteiger partial charge >= 0.3 is 0 Å². The van der Waals surface area contributed by atoms with Crippen LogP contribution in [0, 0.1) is 0 Å². The Bertz CT molecular complexity index is 428. The number of para-hydroxylation sites is 2. The lowest BCUT2D eigenvalue weighted by atomic mass is 9.99. The summed E-state index contributed by atoms with van der Waals surface area (Å²) in [5.41, 5.74) is 0. The Morgan fingerprint density at radius 3 is 2.43 bits per heavy atom. The second-order valence-corrected chi connectivity index (χ2v) is 5.96. The molecule has 4 nitrogen and oxygen atoms in total. The van der Waals surface area contributed by atoms with Crippen LogP contribution in [0.15, 0.2) is 24.3 Å². The van der Waals surface area contributed by atoms with E-state index in [1.165, 1.54) is 0 Å². The van der Waals surface area contributed by atoms with E-state index in [1.54, 1.807) is 7.11 Å². The molecule has 0 spiro atoms. The van der Waals surface area contributed by atoms with E-state index >= 15 is 0 Å². The van der Waals surface area contributed by atoms with Crippen LogP contribution in [0.25, 0.3) is 0 Å². The van der Waals surface area contributed by atoms with Crippen LogP contribution >= 0.6 is 0 Å². The van der Waals surface area contributed by atoms with Gasteiger partial charge in [-0.05, 0) is 45.7 Å². The summed E-state index contributed by atoms with van der Waals surface area (Å²) in [5, 5.41) is 3.64. The first-order chi connectivity index (χ1) is 10.1. The van der Waals surface area contributed by atoms with Gasteiger partial charge in [0.05, 0.1) is 19.3 Å². The maximum Gasteiger partial charge on any atom is 0.161 e. The molecule has 1 N–H and O–H groups in total. The molecule has 0 radical (unpaired) electrons. The zero-order valence-corrected chi connectivity index (χ0v) is 13.5. The van der Waals surface area contributed by atoms with Gasteiger partial charge in [-0.15, -0.1) is 0 Å². The van der Waals surface area contributed by atoms with Crippen LogP contribution in [-0.4, -0.2) is 38.0 Å².